The highest BCUT2D eigenvalue weighted by Crippen LogP contribution is 2.21. The molecule has 0 saturated carbocycles. The van der Waals surface area contributed by atoms with Crippen molar-refractivity contribution in [2.24, 2.45) is 5.73 Å². The highest BCUT2D eigenvalue weighted by atomic mass is 35.5. The molecule has 1 aromatic carbocycles. The zero-order chi connectivity index (χ0) is 15.4. The molecule has 0 aliphatic carbocycles. The predicted octanol–water partition coefficient (Wildman–Crippen LogP) is 3.18. The van der Waals surface area contributed by atoms with Crippen LogP contribution in [0.4, 0.5) is 8.78 Å². The molecule has 0 saturated heterocycles. The third-order valence-electron chi connectivity index (χ3n) is 3.01. The summed E-state index contributed by atoms with van der Waals surface area (Å²) in [7, 11) is 0. The number of aromatic nitrogens is 1. The molecular weight excluding hydrogens is 332 g/mol. The molecule has 1 amide bonds. The summed E-state index contributed by atoms with van der Waals surface area (Å²) in [4.78, 5) is 16.2. The van der Waals surface area contributed by atoms with Crippen LogP contribution in [0, 0.1) is 11.6 Å². The number of amides is 1. The molecule has 1 aromatic heterocycles. The van der Waals surface area contributed by atoms with Crippen LogP contribution in [-0.2, 0) is 6.54 Å². The fourth-order valence-corrected chi connectivity index (χ4v) is 2.58. The van der Waals surface area contributed by atoms with Crippen molar-refractivity contribution < 1.29 is 13.6 Å². The van der Waals surface area contributed by atoms with Crippen LogP contribution in [0.25, 0.3) is 0 Å². The largest absolute Gasteiger partial charge is 0.344 e. The number of carbonyl (C=O) groups excluding carboxylic acids is 1. The first-order chi connectivity index (χ1) is 10.0. The quantitative estimate of drug-likeness (QED) is 0.872. The molecule has 0 radical (unpaired) electrons. The van der Waals surface area contributed by atoms with Crippen LogP contribution in [0.2, 0.25) is 0 Å². The number of nitrogens with two attached hydrogens (primary N) is 1. The molecule has 0 fully saturated rings. The van der Waals surface area contributed by atoms with Crippen molar-refractivity contribution >= 4 is 29.7 Å². The number of carbonyl (C=O) groups is 1. The number of hydrogen-bond acceptors (Lipinski definition) is 4. The molecule has 8 heteroatoms. The second-order valence-electron chi connectivity index (χ2n) is 4.43. The van der Waals surface area contributed by atoms with Gasteiger partial charge in [-0.1, -0.05) is 13.0 Å². The van der Waals surface area contributed by atoms with E-state index in [1.54, 1.807) is 12.3 Å². The smallest absolute Gasteiger partial charge is 0.271 e. The lowest BCUT2D eigenvalue weighted by molar-refractivity contribution is 0.0930. The van der Waals surface area contributed by atoms with E-state index in [-0.39, 0.29) is 30.2 Å². The zero-order valence-electron chi connectivity index (χ0n) is 11.8. The molecular formula is C14H16ClF2N3OS. The van der Waals surface area contributed by atoms with Gasteiger partial charge in [0.15, 0.2) is 0 Å². The lowest BCUT2D eigenvalue weighted by atomic mass is 10.0. The number of nitrogens with one attached hydrogen (secondary N) is 1. The van der Waals surface area contributed by atoms with Crippen LogP contribution in [0.3, 0.4) is 0 Å². The molecule has 120 valence electrons. The molecule has 22 heavy (non-hydrogen) atoms. The van der Waals surface area contributed by atoms with Crippen LogP contribution in [-0.4, -0.2) is 10.9 Å². The van der Waals surface area contributed by atoms with Crippen LogP contribution in [0.1, 0.15) is 40.4 Å². The Balaban J connectivity index is 0.00000242. The Labute approximate surface area is 137 Å². The van der Waals surface area contributed by atoms with Crippen LogP contribution in [0.15, 0.2) is 23.6 Å². The van der Waals surface area contributed by atoms with Gasteiger partial charge in [0.1, 0.15) is 22.3 Å². The average Bonchev–Trinajstić information content (AvgIpc) is 2.94. The number of benzene rings is 1. The van der Waals surface area contributed by atoms with Gasteiger partial charge in [-0.15, -0.1) is 23.7 Å². The van der Waals surface area contributed by atoms with Crippen molar-refractivity contribution in [1.29, 1.82) is 0 Å². The maximum Gasteiger partial charge on any atom is 0.271 e. The second-order valence-corrected chi connectivity index (χ2v) is 5.37. The summed E-state index contributed by atoms with van der Waals surface area (Å²) in [6.45, 7) is 2.07. The topological polar surface area (TPSA) is 68.0 Å². The number of hydrogen-bond donors (Lipinski definition) is 2. The Kier molecular flexibility index (Phi) is 6.86. The highest BCUT2D eigenvalue weighted by molar-refractivity contribution is 7.09. The summed E-state index contributed by atoms with van der Waals surface area (Å²) < 4.78 is 26.7. The molecule has 1 unspecified atom stereocenters. The average molecular weight is 348 g/mol. The third kappa shape index (κ3) is 4.22. The number of thiazole rings is 1. The molecule has 2 aromatic rings. The molecule has 0 aliphatic rings. The van der Waals surface area contributed by atoms with Crippen LogP contribution in [0.5, 0.6) is 0 Å². The van der Waals surface area contributed by atoms with E-state index in [0.29, 0.717) is 11.4 Å². The van der Waals surface area contributed by atoms with E-state index in [1.807, 2.05) is 0 Å². The summed E-state index contributed by atoms with van der Waals surface area (Å²) in [5, 5.41) is 4.96. The standard InChI is InChI=1S/C14H15F2N3OS.ClH/c1-2-11(9-4-3-8(15)5-10(9)16)19-14(20)12-7-21-13(6-17)18-12;/h3-5,7,11H,2,6,17H2,1H3,(H,19,20);1H. The first-order valence-electron chi connectivity index (χ1n) is 6.45. The van der Waals surface area contributed by atoms with Gasteiger partial charge in [0, 0.05) is 23.6 Å². The molecule has 0 bridgehead atoms. The van der Waals surface area contributed by atoms with Gasteiger partial charge < -0.3 is 11.1 Å². The molecule has 3 N–H and O–H groups in total. The summed E-state index contributed by atoms with van der Waals surface area (Å²) in [5.74, 6) is -1.73. The van der Waals surface area contributed by atoms with Gasteiger partial charge in [-0.25, -0.2) is 13.8 Å². The van der Waals surface area contributed by atoms with Gasteiger partial charge in [-0.3, -0.25) is 4.79 Å². The van der Waals surface area contributed by atoms with Crippen molar-refractivity contribution in [1.82, 2.24) is 10.3 Å². The van der Waals surface area contributed by atoms with Gasteiger partial charge in [0.25, 0.3) is 5.91 Å². The highest BCUT2D eigenvalue weighted by Gasteiger charge is 2.19. The fraction of sp³-hybridized carbons (Fsp3) is 0.286. The third-order valence-corrected chi connectivity index (χ3v) is 3.88. The van der Waals surface area contributed by atoms with Crippen LogP contribution >= 0.6 is 23.7 Å². The van der Waals surface area contributed by atoms with Gasteiger partial charge in [0.2, 0.25) is 0 Å². The van der Waals surface area contributed by atoms with E-state index in [2.05, 4.69) is 10.3 Å². The number of halogens is 3. The van der Waals surface area contributed by atoms with Crippen molar-refractivity contribution in [3.05, 3.63) is 51.5 Å². The lowest BCUT2D eigenvalue weighted by Gasteiger charge is -2.17. The summed E-state index contributed by atoms with van der Waals surface area (Å²) in [5.41, 5.74) is 5.95. The van der Waals surface area contributed by atoms with Crippen LogP contribution < -0.4 is 11.1 Å². The summed E-state index contributed by atoms with van der Waals surface area (Å²) in [6, 6.07) is 2.77. The minimum absolute atomic E-state index is 0. The van der Waals surface area contributed by atoms with Gasteiger partial charge in [-0.05, 0) is 12.5 Å². The molecule has 0 spiro atoms. The van der Waals surface area contributed by atoms with Gasteiger partial charge >= 0.3 is 0 Å². The summed E-state index contributed by atoms with van der Waals surface area (Å²) in [6.07, 6.45) is 0.474. The van der Waals surface area contributed by atoms with E-state index in [1.165, 1.54) is 23.5 Å². The van der Waals surface area contributed by atoms with E-state index < -0.39 is 23.6 Å². The first-order valence-corrected chi connectivity index (χ1v) is 7.33. The minimum Gasteiger partial charge on any atom is -0.344 e. The Hall–Kier alpha value is -1.57. The van der Waals surface area contributed by atoms with Gasteiger partial charge in [0.05, 0.1) is 6.04 Å². The Morgan fingerprint density at radius 1 is 1.45 bits per heavy atom. The molecule has 0 aliphatic heterocycles. The first kappa shape index (κ1) is 18.5. The zero-order valence-corrected chi connectivity index (χ0v) is 13.4. The number of nitrogens with zero attached hydrogens (tertiary/aromatic N) is 1. The normalized spacial score (nSPS) is 11.6. The molecule has 1 atom stereocenters. The molecule has 2 rings (SSSR count). The van der Waals surface area contributed by atoms with Crippen molar-refractivity contribution in [2.75, 3.05) is 0 Å². The lowest BCUT2D eigenvalue weighted by Crippen LogP contribution is -2.29. The van der Waals surface area contributed by atoms with E-state index in [0.717, 1.165) is 6.07 Å². The van der Waals surface area contributed by atoms with Crippen molar-refractivity contribution in [2.45, 2.75) is 25.9 Å². The van der Waals surface area contributed by atoms with E-state index >= 15 is 0 Å². The maximum atomic E-state index is 13.8. The molecule has 4 nitrogen and oxygen atoms in total. The van der Waals surface area contributed by atoms with Crippen molar-refractivity contribution in [3.63, 3.8) is 0 Å². The maximum absolute atomic E-state index is 13.8. The minimum atomic E-state index is -0.678. The monoisotopic (exact) mass is 347 g/mol. The predicted molar refractivity (Wildman–Crippen MR) is 84.1 cm³/mol. The van der Waals surface area contributed by atoms with Gasteiger partial charge in [-0.2, -0.15) is 0 Å². The Morgan fingerprint density at radius 3 is 2.73 bits per heavy atom. The van der Waals surface area contributed by atoms with Crippen molar-refractivity contribution in [3.8, 4) is 0 Å². The summed E-state index contributed by atoms with van der Waals surface area (Å²) >= 11 is 1.29. The SMILES string of the molecule is CCC(NC(=O)c1csc(CN)n1)c1ccc(F)cc1F.Cl. The molecule has 1 heterocycles. The second kappa shape index (κ2) is 8.17. The van der Waals surface area contributed by atoms with E-state index in [4.69, 9.17) is 5.73 Å². The number of rotatable bonds is 5. The Morgan fingerprint density at radius 2 is 2.18 bits per heavy atom. The Bertz CT molecular complexity index is 651. The van der Waals surface area contributed by atoms with E-state index in [9.17, 15) is 13.6 Å². The fourth-order valence-electron chi connectivity index (χ4n) is 1.92.